The molecule has 146 valence electrons. The molecule has 1 N–H and O–H groups in total. The van der Waals surface area contributed by atoms with Crippen LogP contribution in [0.2, 0.25) is 0 Å². The van der Waals surface area contributed by atoms with E-state index >= 15 is 0 Å². The molecule has 0 spiro atoms. The van der Waals surface area contributed by atoms with E-state index in [9.17, 15) is 13.2 Å². The zero-order valence-corrected chi connectivity index (χ0v) is 17.1. The number of carbonyl (C=O) groups is 1. The first-order valence-corrected chi connectivity index (χ1v) is 11.7. The average Bonchev–Trinajstić information content (AvgIpc) is 2.67. The van der Waals surface area contributed by atoms with Crippen molar-refractivity contribution in [2.75, 3.05) is 39.1 Å². The van der Waals surface area contributed by atoms with Crippen molar-refractivity contribution in [2.24, 2.45) is 0 Å². The van der Waals surface area contributed by atoms with Crippen LogP contribution in [0.5, 0.6) is 0 Å². The highest BCUT2D eigenvalue weighted by molar-refractivity contribution is 7.98. The number of thioether (sulfide) groups is 1. The molecule has 0 atom stereocenters. The van der Waals surface area contributed by atoms with E-state index in [-0.39, 0.29) is 10.8 Å². The summed E-state index contributed by atoms with van der Waals surface area (Å²) >= 11 is 1.45. The fraction of sp³-hybridized carbons (Fsp3) is 0.611. The van der Waals surface area contributed by atoms with Gasteiger partial charge in [0.1, 0.15) is 0 Å². The topological polar surface area (TPSA) is 75.7 Å². The monoisotopic (exact) mass is 400 g/mol. The molecule has 1 aliphatic heterocycles. The van der Waals surface area contributed by atoms with Crippen LogP contribution in [0.1, 0.15) is 43.0 Å². The Balaban J connectivity index is 2.15. The maximum absolute atomic E-state index is 12.9. The molecule has 1 fully saturated rings. The van der Waals surface area contributed by atoms with E-state index in [0.717, 1.165) is 37.2 Å². The summed E-state index contributed by atoms with van der Waals surface area (Å²) in [5.74, 6) is -0.0811. The Labute approximate surface area is 160 Å². The number of likely N-dealkylation sites (tertiary alicyclic amines) is 1. The fourth-order valence-corrected chi connectivity index (χ4v) is 4.57. The summed E-state index contributed by atoms with van der Waals surface area (Å²) in [6, 6.07) is 4.79. The second-order valence-corrected chi connectivity index (χ2v) is 8.78. The number of hydrogen-bond donors (Lipinski definition) is 1. The van der Waals surface area contributed by atoms with E-state index in [0.29, 0.717) is 31.7 Å². The third-order valence-electron chi connectivity index (χ3n) is 4.32. The predicted molar refractivity (Wildman–Crippen MR) is 104 cm³/mol. The molecule has 0 unspecified atom stereocenters. The lowest BCUT2D eigenvalue weighted by molar-refractivity contribution is 0.0720. The summed E-state index contributed by atoms with van der Waals surface area (Å²) in [5, 5.41) is 0. The molecule has 1 aliphatic rings. The quantitative estimate of drug-likeness (QED) is 0.510. The van der Waals surface area contributed by atoms with Gasteiger partial charge in [-0.1, -0.05) is 0 Å². The van der Waals surface area contributed by atoms with Gasteiger partial charge in [-0.15, -0.1) is 11.8 Å². The molecule has 0 saturated carbocycles. The minimum absolute atomic E-state index is 0.0811. The number of sulfonamides is 1. The van der Waals surface area contributed by atoms with Gasteiger partial charge in [0.15, 0.2) is 0 Å². The van der Waals surface area contributed by atoms with E-state index < -0.39 is 10.0 Å². The van der Waals surface area contributed by atoms with Gasteiger partial charge < -0.3 is 9.64 Å². The van der Waals surface area contributed by atoms with E-state index in [1.807, 2.05) is 18.1 Å². The molecule has 1 amide bonds. The molecule has 6 nitrogen and oxygen atoms in total. The smallest absolute Gasteiger partial charge is 0.255 e. The number of nitrogens with one attached hydrogen (secondary N) is 1. The third-order valence-corrected chi connectivity index (χ3v) is 6.57. The molecule has 26 heavy (non-hydrogen) atoms. The molecule has 0 radical (unpaired) electrons. The summed E-state index contributed by atoms with van der Waals surface area (Å²) < 4.78 is 32.9. The molecule has 0 aliphatic carbocycles. The van der Waals surface area contributed by atoms with Gasteiger partial charge in [0, 0.05) is 37.7 Å². The number of piperidine rings is 1. The first-order valence-electron chi connectivity index (χ1n) is 9.04. The minimum Gasteiger partial charge on any atom is -0.382 e. The lowest BCUT2D eigenvalue weighted by Gasteiger charge is -2.27. The van der Waals surface area contributed by atoms with E-state index in [1.165, 1.54) is 17.8 Å². The summed E-state index contributed by atoms with van der Waals surface area (Å²) in [6.45, 7) is 4.81. The lowest BCUT2D eigenvalue weighted by atomic mass is 10.1. The molecule has 1 saturated heterocycles. The van der Waals surface area contributed by atoms with E-state index in [4.69, 9.17) is 4.74 Å². The molecular formula is C18H28N2O4S2. The van der Waals surface area contributed by atoms with Crippen molar-refractivity contribution in [1.29, 1.82) is 0 Å². The Kier molecular flexibility index (Phi) is 8.40. The van der Waals surface area contributed by atoms with Crippen LogP contribution in [0.3, 0.4) is 0 Å². The summed E-state index contributed by atoms with van der Waals surface area (Å²) in [4.78, 5) is 15.6. The van der Waals surface area contributed by atoms with Crippen LogP contribution in [-0.4, -0.2) is 58.3 Å². The Morgan fingerprint density at radius 3 is 2.65 bits per heavy atom. The Morgan fingerprint density at radius 1 is 1.27 bits per heavy atom. The van der Waals surface area contributed by atoms with Crippen molar-refractivity contribution in [1.82, 2.24) is 9.62 Å². The molecule has 0 aromatic heterocycles. The number of rotatable bonds is 9. The summed E-state index contributed by atoms with van der Waals surface area (Å²) in [7, 11) is -3.64. The molecule has 0 bridgehead atoms. The van der Waals surface area contributed by atoms with Crippen molar-refractivity contribution in [3.8, 4) is 0 Å². The normalized spacial score (nSPS) is 15.2. The maximum Gasteiger partial charge on any atom is 0.255 e. The van der Waals surface area contributed by atoms with Gasteiger partial charge >= 0.3 is 0 Å². The Hall–Kier alpha value is -1.09. The average molecular weight is 401 g/mol. The Bertz CT molecular complexity index is 701. The summed E-state index contributed by atoms with van der Waals surface area (Å²) in [5.41, 5.74) is 0.469. The second-order valence-electron chi connectivity index (χ2n) is 6.16. The van der Waals surface area contributed by atoms with Crippen LogP contribution >= 0.6 is 11.8 Å². The predicted octanol–water partition coefficient (Wildman–Crippen LogP) is 2.74. The SMILES string of the molecule is CCOCCCNS(=O)(=O)c1ccc(SC)c(C(=O)N2CCCCC2)c1. The van der Waals surface area contributed by atoms with Gasteiger partial charge in [0.2, 0.25) is 10.0 Å². The highest BCUT2D eigenvalue weighted by Crippen LogP contribution is 2.26. The zero-order chi connectivity index (χ0) is 19.0. The largest absolute Gasteiger partial charge is 0.382 e. The van der Waals surface area contributed by atoms with Gasteiger partial charge in [-0.25, -0.2) is 13.1 Å². The molecule has 2 rings (SSSR count). The van der Waals surface area contributed by atoms with Gasteiger partial charge in [-0.2, -0.15) is 0 Å². The standard InChI is InChI=1S/C18H28N2O4S2/c1-3-24-13-7-10-19-26(22,23)15-8-9-17(25-2)16(14-15)18(21)20-11-5-4-6-12-20/h8-9,14,19H,3-7,10-13H2,1-2H3. The number of hydrogen-bond acceptors (Lipinski definition) is 5. The van der Waals surface area contributed by atoms with Crippen LogP contribution in [0.4, 0.5) is 0 Å². The van der Waals surface area contributed by atoms with Crippen LogP contribution in [-0.2, 0) is 14.8 Å². The van der Waals surface area contributed by atoms with Crippen molar-refractivity contribution in [2.45, 2.75) is 42.4 Å². The molecule has 1 heterocycles. The van der Waals surface area contributed by atoms with Crippen LogP contribution in [0.15, 0.2) is 28.0 Å². The highest BCUT2D eigenvalue weighted by Gasteiger charge is 2.23. The van der Waals surface area contributed by atoms with Gasteiger partial charge in [-0.3, -0.25) is 4.79 Å². The van der Waals surface area contributed by atoms with Crippen molar-refractivity contribution >= 4 is 27.7 Å². The summed E-state index contributed by atoms with van der Waals surface area (Å²) in [6.07, 6.45) is 5.64. The molecule has 1 aromatic carbocycles. The van der Waals surface area contributed by atoms with E-state index in [1.54, 1.807) is 12.1 Å². The number of ether oxygens (including phenoxy) is 1. The fourth-order valence-electron chi connectivity index (χ4n) is 2.90. The molecule has 8 heteroatoms. The van der Waals surface area contributed by atoms with Crippen molar-refractivity contribution in [3.05, 3.63) is 23.8 Å². The van der Waals surface area contributed by atoms with Crippen LogP contribution in [0.25, 0.3) is 0 Å². The number of carbonyl (C=O) groups excluding carboxylic acids is 1. The van der Waals surface area contributed by atoms with Gasteiger partial charge in [0.25, 0.3) is 5.91 Å². The third kappa shape index (κ3) is 5.70. The van der Waals surface area contributed by atoms with Crippen molar-refractivity contribution < 1.29 is 17.9 Å². The second kappa shape index (κ2) is 10.3. The molecular weight excluding hydrogens is 372 g/mol. The lowest BCUT2D eigenvalue weighted by Crippen LogP contribution is -2.36. The molecule has 1 aromatic rings. The first kappa shape index (κ1) is 21.2. The van der Waals surface area contributed by atoms with Crippen LogP contribution in [0, 0.1) is 0 Å². The highest BCUT2D eigenvalue weighted by atomic mass is 32.2. The zero-order valence-electron chi connectivity index (χ0n) is 15.5. The number of benzene rings is 1. The van der Waals surface area contributed by atoms with Gasteiger partial charge in [0.05, 0.1) is 10.5 Å². The Morgan fingerprint density at radius 2 is 2.00 bits per heavy atom. The van der Waals surface area contributed by atoms with E-state index in [2.05, 4.69) is 4.72 Å². The van der Waals surface area contributed by atoms with Crippen molar-refractivity contribution in [3.63, 3.8) is 0 Å². The van der Waals surface area contributed by atoms with Crippen LogP contribution < -0.4 is 4.72 Å². The minimum atomic E-state index is -3.64. The first-order chi connectivity index (χ1) is 12.5. The van der Waals surface area contributed by atoms with Gasteiger partial charge in [-0.05, 0) is 57.1 Å². The number of nitrogens with zero attached hydrogens (tertiary/aromatic N) is 1. The number of amides is 1. The maximum atomic E-state index is 12.9.